The number of carbonyl (C=O) groups is 1. The van der Waals surface area contributed by atoms with Gasteiger partial charge in [-0.2, -0.15) is 0 Å². The molecular weight excluding hydrogens is 342 g/mol. The van der Waals surface area contributed by atoms with Crippen LogP contribution in [0.2, 0.25) is 0 Å². The van der Waals surface area contributed by atoms with E-state index in [2.05, 4.69) is 25.6 Å². The lowest BCUT2D eigenvalue weighted by Gasteiger charge is -2.15. The van der Waals surface area contributed by atoms with E-state index in [1.807, 2.05) is 43.3 Å². The van der Waals surface area contributed by atoms with Crippen molar-refractivity contribution in [3.8, 4) is 17.1 Å². The Morgan fingerprint density at radius 2 is 2.15 bits per heavy atom. The number of benzene rings is 1. The number of aromatic nitrogens is 3. The van der Waals surface area contributed by atoms with Gasteiger partial charge in [0.2, 0.25) is 0 Å². The van der Waals surface area contributed by atoms with Gasteiger partial charge in [0.25, 0.3) is 5.91 Å². The molecule has 3 N–H and O–H groups in total. The molecule has 2 aromatic heterocycles. The summed E-state index contributed by atoms with van der Waals surface area (Å²) in [5.41, 5.74) is 4.32. The molecule has 3 heterocycles. The summed E-state index contributed by atoms with van der Waals surface area (Å²) in [5, 5.41) is 6.13. The molecule has 1 aliphatic rings. The maximum atomic E-state index is 12.8. The molecule has 0 bridgehead atoms. The second kappa shape index (κ2) is 6.95. The summed E-state index contributed by atoms with van der Waals surface area (Å²) < 4.78 is 5.27. The number of dihydropyridines is 1. The molecule has 0 unspecified atom stereocenters. The van der Waals surface area contributed by atoms with E-state index in [1.165, 1.54) is 0 Å². The van der Waals surface area contributed by atoms with Crippen molar-refractivity contribution in [3.05, 3.63) is 65.6 Å². The average Bonchev–Trinajstić information content (AvgIpc) is 3.14. The molecule has 3 aromatic rings. The molecule has 7 heteroatoms. The lowest BCUT2D eigenvalue weighted by atomic mass is 10.2. The van der Waals surface area contributed by atoms with Gasteiger partial charge in [0.1, 0.15) is 11.6 Å². The number of hydrogen-bond acceptors (Lipinski definition) is 5. The van der Waals surface area contributed by atoms with Crippen molar-refractivity contribution in [2.24, 2.45) is 0 Å². The Labute approximate surface area is 156 Å². The highest BCUT2D eigenvalue weighted by Crippen LogP contribution is 2.24. The molecule has 136 valence electrons. The van der Waals surface area contributed by atoms with Crippen LogP contribution >= 0.6 is 0 Å². The molecule has 0 atom stereocenters. The number of ether oxygens (including phenoxy) is 1. The standard InChI is InChI=1S/C20H19N5O2/c1-12-6-7-14(11-22-12)23-20(26)16-8-9-21-19-17(16)24-18(25-19)13-4-3-5-15(10-13)27-2/h3-10,22H,11H2,1-2H3,(H,23,26)(H,21,24,25). The van der Waals surface area contributed by atoms with E-state index < -0.39 is 0 Å². The van der Waals surface area contributed by atoms with Crippen LogP contribution in [0.4, 0.5) is 0 Å². The largest absolute Gasteiger partial charge is 0.497 e. The second-order valence-electron chi connectivity index (χ2n) is 6.22. The zero-order valence-electron chi connectivity index (χ0n) is 15.0. The second-order valence-corrected chi connectivity index (χ2v) is 6.22. The van der Waals surface area contributed by atoms with E-state index in [0.717, 1.165) is 22.7 Å². The zero-order chi connectivity index (χ0) is 18.8. The van der Waals surface area contributed by atoms with Crippen LogP contribution in [0.15, 0.2) is 60.1 Å². The van der Waals surface area contributed by atoms with Gasteiger partial charge in [-0.25, -0.2) is 9.97 Å². The van der Waals surface area contributed by atoms with Crippen molar-refractivity contribution in [2.45, 2.75) is 6.92 Å². The number of pyridine rings is 1. The predicted molar refractivity (Wildman–Crippen MR) is 103 cm³/mol. The Kier molecular flexibility index (Phi) is 4.33. The Morgan fingerprint density at radius 3 is 2.93 bits per heavy atom. The van der Waals surface area contributed by atoms with Crippen LogP contribution in [-0.2, 0) is 0 Å². The van der Waals surface area contributed by atoms with Gasteiger partial charge in [-0.3, -0.25) is 4.79 Å². The molecule has 0 saturated heterocycles. The Balaban J connectivity index is 1.68. The fraction of sp³-hybridized carbons (Fsp3) is 0.150. The lowest BCUT2D eigenvalue weighted by molar-refractivity contribution is 0.0966. The molecule has 7 nitrogen and oxygen atoms in total. The number of H-pyrrole nitrogens is 1. The molecule has 0 fully saturated rings. The van der Waals surface area contributed by atoms with Gasteiger partial charge in [-0.05, 0) is 37.3 Å². The smallest absolute Gasteiger partial charge is 0.257 e. The number of imidazole rings is 1. The van der Waals surface area contributed by atoms with Crippen molar-refractivity contribution in [1.29, 1.82) is 0 Å². The van der Waals surface area contributed by atoms with Crippen molar-refractivity contribution < 1.29 is 9.53 Å². The number of aromatic amines is 1. The molecule has 1 amide bonds. The van der Waals surface area contributed by atoms with Crippen molar-refractivity contribution in [2.75, 3.05) is 13.7 Å². The topological polar surface area (TPSA) is 91.9 Å². The molecule has 1 aromatic carbocycles. The normalized spacial score (nSPS) is 13.6. The third-order valence-electron chi connectivity index (χ3n) is 4.35. The highest BCUT2D eigenvalue weighted by molar-refractivity contribution is 6.05. The molecular formula is C20H19N5O2. The maximum Gasteiger partial charge on any atom is 0.257 e. The van der Waals surface area contributed by atoms with Gasteiger partial charge in [-0.15, -0.1) is 0 Å². The van der Waals surface area contributed by atoms with Crippen LogP contribution in [0.5, 0.6) is 5.75 Å². The minimum Gasteiger partial charge on any atom is -0.497 e. The summed E-state index contributed by atoms with van der Waals surface area (Å²) in [4.78, 5) is 24.8. The molecule has 0 radical (unpaired) electrons. The van der Waals surface area contributed by atoms with Crippen molar-refractivity contribution in [1.82, 2.24) is 25.6 Å². The summed E-state index contributed by atoms with van der Waals surface area (Å²) in [5.74, 6) is 1.16. The van der Waals surface area contributed by atoms with Crippen LogP contribution in [0, 0.1) is 0 Å². The van der Waals surface area contributed by atoms with Crippen LogP contribution < -0.4 is 15.4 Å². The van der Waals surface area contributed by atoms with E-state index >= 15 is 0 Å². The SMILES string of the molecule is COc1cccc(-c2nc3nccc(C(=O)NC4=CC=C(C)NC4)c3[nH]2)c1. The fourth-order valence-corrected chi connectivity index (χ4v) is 2.88. The summed E-state index contributed by atoms with van der Waals surface area (Å²) in [7, 11) is 1.62. The van der Waals surface area contributed by atoms with Gasteiger partial charge in [0, 0.05) is 23.2 Å². The summed E-state index contributed by atoms with van der Waals surface area (Å²) in [6.07, 6.45) is 5.42. The predicted octanol–water partition coefficient (Wildman–Crippen LogP) is 2.75. The van der Waals surface area contributed by atoms with Crippen molar-refractivity contribution in [3.63, 3.8) is 0 Å². The molecule has 0 aliphatic carbocycles. The third-order valence-corrected chi connectivity index (χ3v) is 4.35. The first kappa shape index (κ1) is 16.8. The third kappa shape index (κ3) is 3.39. The number of hydrogen-bond donors (Lipinski definition) is 3. The fourth-order valence-electron chi connectivity index (χ4n) is 2.88. The number of rotatable bonds is 4. The molecule has 0 spiro atoms. The number of methoxy groups -OCH3 is 1. The number of carbonyl (C=O) groups excluding carboxylic acids is 1. The maximum absolute atomic E-state index is 12.8. The molecule has 4 rings (SSSR count). The summed E-state index contributed by atoms with van der Waals surface area (Å²) in [6.45, 7) is 2.56. The summed E-state index contributed by atoms with van der Waals surface area (Å²) >= 11 is 0. The first-order valence-corrected chi connectivity index (χ1v) is 8.56. The highest BCUT2D eigenvalue weighted by atomic mass is 16.5. The highest BCUT2D eigenvalue weighted by Gasteiger charge is 2.16. The lowest BCUT2D eigenvalue weighted by Crippen LogP contribution is -2.31. The van der Waals surface area contributed by atoms with Crippen LogP contribution in [0.1, 0.15) is 17.3 Å². The van der Waals surface area contributed by atoms with Crippen molar-refractivity contribution >= 4 is 17.1 Å². The zero-order valence-corrected chi connectivity index (χ0v) is 15.0. The van der Waals surface area contributed by atoms with Gasteiger partial charge >= 0.3 is 0 Å². The number of nitrogens with zero attached hydrogens (tertiary/aromatic N) is 2. The van der Waals surface area contributed by atoms with Crippen LogP contribution in [-0.4, -0.2) is 34.5 Å². The molecule has 1 aliphatic heterocycles. The van der Waals surface area contributed by atoms with E-state index in [0.29, 0.717) is 29.1 Å². The Morgan fingerprint density at radius 1 is 1.26 bits per heavy atom. The minimum absolute atomic E-state index is 0.204. The van der Waals surface area contributed by atoms with E-state index in [9.17, 15) is 4.79 Å². The van der Waals surface area contributed by atoms with Gasteiger partial charge in [0.05, 0.1) is 24.7 Å². The number of allylic oxidation sites excluding steroid dienone is 3. The van der Waals surface area contributed by atoms with Crippen LogP contribution in [0.25, 0.3) is 22.6 Å². The number of nitrogens with one attached hydrogen (secondary N) is 3. The van der Waals surface area contributed by atoms with E-state index in [1.54, 1.807) is 19.4 Å². The first-order valence-electron chi connectivity index (χ1n) is 8.56. The Bertz CT molecular complexity index is 1080. The Hall–Kier alpha value is -3.61. The van der Waals surface area contributed by atoms with Gasteiger partial charge < -0.3 is 20.4 Å². The average molecular weight is 361 g/mol. The quantitative estimate of drug-likeness (QED) is 0.665. The van der Waals surface area contributed by atoms with E-state index in [-0.39, 0.29) is 5.91 Å². The van der Waals surface area contributed by atoms with Gasteiger partial charge in [0.15, 0.2) is 5.65 Å². The minimum atomic E-state index is -0.204. The molecule has 0 saturated carbocycles. The van der Waals surface area contributed by atoms with Crippen LogP contribution in [0.3, 0.4) is 0 Å². The van der Waals surface area contributed by atoms with Gasteiger partial charge in [-0.1, -0.05) is 12.1 Å². The monoisotopic (exact) mass is 361 g/mol. The first-order chi connectivity index (χ1) is 13.1. The number of fused-ring (bicyclic) bond motifs is 1. The summed E-state index contributed by atoms with van der Waals surface area (Å²) in [6, 6.07) is 9.24. The molecule has 27 heavy (non-hydrogen) atoms. The van der Waals surface area contributed by atoms with E-state index in [4.69, 9.17) is 4.74 Å². The number of amides is 1.